The van der Waals surface area contributed by atoms with Crippen LogP contribution in [0.1, 0.15) is 24.8 Å². The molecule has 1 aliphatic heterocycles. The number of anilines is 1. The van der Waals surface area contributed by atoms with Crippen LogP contribution in [0.5, 0.6) is 0 Å². The third-order valence-corrected chi connectivity index (χ3v) is 7.94. The van der Waals surface area contributed by atoms with Gasteiger partial charge in [-0.1, -0.05) is 46.3 Å². The Morgan fingerprint density at radius 2 is 1.68 bits per heavy atom. The highest BCUT2D eigenvalue weighted by Crippen LogP contribution is 2.31. The van der Waals surface area contributed by atoms with Crippen molar-refractivity contribution in [2.45, 2.75) is 30.7 Å². The summed E-state index contributed by atoms with van der Waals surface area (Å²) in [5.74, 6) is 0.989. The Kier molecular flexibility index (Phi) is 6.84. The topological polar surface area (TPSA) is 18.5 Å². The fourth-order valence-electron chi connectivity index (χ4n) is 4.38. The molecule has 0 amide bonds. The minimum absolute atomic E-state index is 0.989. The summed E-state index contributed by atoms with van der Waals surface area (Å²) in [5.41, 5.74) is 2.52. The summed E-state index contributed by atoms with van der Waals surface area (Å²) in [6.45, 7) is 7.17. The SMILES string of the molecule is Brc1ccc(NSc2ccc3ccccc3c2)cc1CN1CCCN(CC2CC2)CC1. The van der Waals surface area contributed by atoms with E-state index in [-0.39, 0.29) is 0 Å². The Morgan fingerprint density at radius 3 is 2.55 bits per heavy atom. The minimum atomic E-state index is 0.989. The average molecular weight is 497 g/mol. The van der Waals surface area contributed by atoms with Crippen molar-refractivity contribution >= 4 is 44.3 Å². The second kappa shape index (κ2) is 9.95. The van der Waals surface area contributed by atoms with Gasteiger partial charge in [0, 0.05) is 41.2 Å². The first-order valence-corrected chi connectivity index (χ1v) is 13.0. The van der Waals surface area contributed by atoms with Crippen LogP contribution in [0, 0.1) is 5.92 Å². The number of halogens is 1. The van der Waals surface area contributed by atoms with Crippen molar-refractivity contribution in [3.63, 3.8) is 0 Å². The number of benzene rings is 3. The van der Waals surface area contributed by atoms with Crippen molar-refractivity contribution in [2.24, 2.45) is 5.92 Å². The lowest BCUT2D eigenvalue weighted by atomic mass is 10.1. The van der Waals surface area contributed by atoms with E-state index in [1.807, 2.05) is 0 Å². The van der Waals surface area contributed by atoms with Crippen molar-refractivity contribution < 1.29 is 0 Å². The quantitative estimate of drug-likeness (QED) is 0.370. The molecule has 0 unspecified atom stereocenters. The number of hydrogen-bond acceptors (Lipinski definition) is 4. The van der Waals surface area contributed by atoms with Gasteiger partial charge < -0.3 is 9.62 Å². The van der Waals surface area contributed by atoms with Crippen LogP contribution in [0.3, 0.4) is 0 Å². The molecule has 5 rings (SSSR count). The predicted molar refractivity (Wildman–Crippen MR) is 137 cm³/mol. The Balaban J connectivity index is 1.20. The molecule has 1 heterocycles. The van der Waals surface area contributed by atoms with Gasteiger partial charge in [0.2, 0.25) is 0 Å². The Hall–Kier alpha value is -1.53. The van der Waals surface area contributed by atoms with E-state index >= 15 is 0 Å². The third-order valence-electron chi connectivity index (χ3n) is 6.34. The second-order valence-electron chi connectivity index (χ2n) is 8.89. The van der Waals surface area contributed by atoms with Crippen molar-refractivity contribution in [1.29, 1.82) is 0 Å². The van der Waals surface area contributed by atoms with Crippen molar-refractivity contribution in [2.75, 3.05) is 37.4 Å². The smallest absolute Gasteiger partial charge is 0.0447 e. The molecule has 31 heavy (non-hydrogen) atoms. The molecule has 0 bridgehead atoms. The average Bonchev–Trinajstić information content (AvgIpc) is 3.63. The standard InChI is InChI=1S/C26H30BrN3S/c27-26-11-9-24(28-31-25-10-8-21-4-1-2-5-22(21)17-25)16-23(26)19-30-13-3-12-29(14-15-30)18-20-6-7-20/h1-2,4-5,8-11,16-17,20,28H,3,6-7,12-15,18-19H2. The fourth-order valence-corrected chi connectivity index (χ4v) is 5.44. The number of fused-ring (bicyclic) bond motifs is 1. The van der Waals surface area contributed by atoms with Crippen LogP contribution in [0.15, 0.2) is 70.0 Å². The Morgan fingerprint density at radius 1 is 0.871 bits per heavy atom. The van der Waals surface area contributed by atoms with Crippen LogP contribution in [-0.4, -0.2) is 42.5 Å². The van der Waals surface area contributed by atoms with Crippen molar-refractivity contribution in [3.05, 3.63) is 70.7 Å². The molecule has 1 saturated heterocycles. The van der Waals surface area contributed by atoms with Gasteiger partial charge in [-0.05, 0) is 96.9 Å². The fraction of sp³-hybridized carbons (Fsp3) is 0.385. The van der Waals surface area contributed by atoms with E-state index in [1.165, 1.54) is 77.7 Å². The molecule has 3 aromatic rings. The monoisotopic (exact) mass is 495 g/mol. The van der Waals surface area contributed by atoms with Gasteiger partial charge in [-0.2, -0.15) is 0 Å². The highest BCUT2D eigenvalue weighted by Gasteiger charge is 2.25. The Bertz CT molecular complexity index is 1040. The first-order chi connectivity index (χ1) is 15.2. The summed E-state index contributed by atoms with van der Waals surface area (Å²) in [4.78, 5) is 6.53. The molecule has 1 aliphatic carbocycles. The summed E-state index contributed by atoms with van der Waals surface area (Å²) in [5, 5.41) is 2.56. The summed E-state index contributed by atoms with van der Waals surface area (Å²) < 4.78 is 4.75. The zero-order valence-corrected chi connectivity index (χ0v) is 20.3. The molecule has 0 spiro atoms. The summed E-state index contributed by atoms with van der Waals surface area (Å²) in [6.07, 6.45) is 4.18. The normalized spacial score (nSPS) is 18.2. The molecule has 3 nitrogen and oxygen atoms in total. The highest BCUT2D eigenvalue weighted by atomic mass is 79.9. The van der Waals surface area contributed by atoms with E-state index in [4.69, 9.17) is 0 Å². The molecule has 0 atom stereocenters. The molecule has 0 aromatic heterocycles. The first-order valence-electron chi connectivity index (χ1n) is 11.4. The summed E-state index contributed by atoms with van der Waals surface area (Å²) >= 11 is 5.46. The van der Waals surface area contributed by atoms with Gasteiger partial charge in [0.25, 0.3) is 0 Å². The first kappa shape index (κ1) is 21.3. The molecule has 162 valence electrons. The van der Waals surface area contributed by atoms with Gasteiger partial charge in [0.15, 0.2) is 0 Å². The molecule has 5 heteroatoms. The van der Waals surface area contributed by atoms with E-state index in [0.29, 0.717) is 0 Å². The van der Waals surface area contributed by atoms with Gasteiger partial charge in [-0.25, -0.2) is 0 Å². The Labute approximate surface area is 198 Å². The van der Waals surface area contributed by atoms with Crippen molar-refractivity contribution in [3.8, 4) is 0 Å². The molecule has 0 radical (unpaired) electrons. The van der Waals surface area contributed by atoms with E-state index in [2.05, 4.69) is 91.1 Å². The zero-order valence-electron chi connectivity index (χ0n) is 17.9. The zero-order chi connectivity index (χ0) is 21.0. The third kappa shape index (κ3) is 5.83. The molecular weight excluding hydrogens is 466 g/mol. The number of nitrogens with one attached hydrogen (secondary N) is 1. The van der Waals surface area contributed by atoms with Crippen LogP contribution in [0.2, 0.25) is 0 Å². The lowest BCUT2D eigenvalue weighted by Crippen LogP contribution is -2.31. The molecule has 3 aromatic carbocycles. The van der Waals surface area contributed by atoms with Gasteiger partial charge >= 0.3 is 0 Å². The maximum absolute atomic E-state index is 3.78. The maximum Gasteiger partial charge on any atom is 0.0447 e. The minimum Gasteiger partial charge on any atom is -0.326 e. The van der Waals surface area contributed by atoms with E-state index < -0.39 is 0 Å². The lowest BCUT2D eigenvalue weighted by Gasteiger charge is -2.22. The summed E-state index contributed by atoms with van der Waals surface area (Å²) in [7, 11) is 0. The van der Waals surface area contributed by atoms with E-state index in [0.717, 1.165) is 18.2 Å². The van der Waals surface area contributed by atoms with E-state index in [9.17, 15) is 0 Å². The van der Waals surface area contributed by atoms with Gasteiger partial charge in [-0.3, -0.25) is 4.90 Å². The summed E-state index contributed by atoms with van der Waals surface area (Å²) in [6, 6.07) is 21.8. The molecule has 1 N–H and O–H groups in total. The van der Waals surface area contributed by atoms with Gasteiger partial charge in [-0.15, -0.1) is 0 Å². The number of nitrogens with zero attached hydrogens (tertiary/aromatic N) is 2. The van der Waals surface area contributed by atoms with Gasteiger partial charge in [0.05, 0.1) is 0 Å². The van der Waals surface area contributed by atoms with E-state index in [1.54, 1.807) is 11.9 Å². The van der Waals surface area contributed by atoms with Crippen LogP contribution in [0.25, 0.3) is 10.8 Å². The highest BCUT2D eigenvalue weighted by molar-refractivity contribution is 9.10. The van der Waals surface area contributed by atoms with Crippen LogP contribution in [-0.2, 0) is 6.54 Å². The van der Waals surface area contributed by atoms with Gasteiger partial charge in [0.1, 0.15) is 0 Å². The molecule has 2 aliphatic rings. The number of hydrogen-bond donors (Lipinski definition) is 1. The van der Waals surface area contributed by atoms with Crippen molar-refractivity contribution in [1.82, 2.24) is 9.80 Å². The predicted octanol–water partition coefficient (Wildman–Crippen LogP) is 6.64. The number of rotatable bonds is 7. The maximum atomic E-state index is 3.78. The van der Waals surface area contributed by atoms with Crippen LogP contribution in [0.4, 0.5) is 5.69 Å². The second-order valence-corrected chi connectivity index (χ2v) is 10.6. The molecule has 2 fully saturated rings. The largest absolute Gasteiger partial charge is 0.326 e. The van der Waals surface area contributed by atoms with Crippen LogP contribution < -0.4 is 4.72 Å². The lowest BCUT2D eigenvalue weighted by molar-refractivity contribution is 0.246. The van der Waals surface area contributed by atoms with Crippen LogP contribution >= 0.6 is 27.9 Å². The molecule has 1 saturated carbocycles. The molecular formula is C26H30BrN3S.